The molecule has 0 bridgehead atoms. The van der Waals surface area contributed by atoms with Crippen LogP contribution in [0.3, 0.4) is 0 Å². The van der Waals surface area contributed by atoms with Gasteiger partial charge in [0.15, 0.2) is 31.8 Å². The van der Waals surface area contributed by atoms with Gasteiger partial charge in [0.25, 0.3) is 5.56 Å². The van der Waals surface area contributed by atoms with E-state index in [1.54, 1.807) is 13.8 Å². The Kier molecular flexibility index (Phi) is 11.9. The number of hydrogen-bond acceptors (Lipinski definition) is 9. The van der Waals surface area contributed by atoms with E-state index in [9.17, 15) is 19.0 Å². The fourth-order valence-corrected chi connectivity index (χ4v) is 8.33. The molecule has 13 nitrogen and oxygen atoms in total. The van der Waals surface area contributed by atoms with Gasteiger partial charge in [0.2, 0.25) is 11.9 Å². The van der Waals surface area contributed by atoms with Gasteiger partial charge in [-0.05, 0) is 48.7 Å². The lowest BCUT2D eigenvalue weighted by Gasteiger charge is -2.41. The zero-order valence-electron chi connectivity index (χ0n) is 33.3. The van der Waals surface area contributed by atoms with Gasteiger partial charge in [-0.25, -0.2) is 4.98 Å². The number of hydrogen-bond donors (Lipinski definition) is 3. The first-order valence-electron chi connectivity index (χ1n) is 18.7. The van der Waals surface area contributed by atoms with Gasteiger partial charge >= 0.3 is 8.25 Å². The summed E-state index contributed by atoms with van der Waals surface area (Å²) in [5.74, 6) is -0.808. The second-order valence-corrected chi connectivity index (χ2v) is 21.6. The summed E-state index contributed by atoms with van der Waals surface area (Å²) in [6.45, 7) is 17.9. The van der Waals surface area contributed by atoms with Crippen molar-refractivity contribution < 1.29 is 32.7 Å². The van der Waals surface area contributed by atoms with Crippen molar-refractivity contribution in [2.45, 2.75) is 96.7 Å². The SMILES string of the molecule is Cc1ccc(C(OC[C@H]2O[C@@H](n3cnc4c(=O)[nH]c(NC(=O)C(C)C)nc43)[C@@H](O[P+](=O)O)C2O[Si](C)(C)C(C)(C)C)(c2ccccc2)c2ccc(C)cc2)cc1. The van der Waals surface area contributed by atoms with E-state index >= 15 is 0 Å². The Morgan fingerprint density at radius 2 is 1.54 bits per heavy atom. The molecular formula is C41H51N5O8PSi+. The van der Waals surface area contributed by atoms with Crippen molar-refractivity contribution in [3.63, 3.8) is 0 Å². The maximum Gasteiger partial charge on any atom is 0.695 e. The molecule has 3 N–H and O–H groups in total. The largest absolute Gasteiger partial charge is 0.695 e. The molecule has 2 unspecified atom stereocenters. The predicted molar refractivity (Wildman–Crippen MR) is 217 cm³/mol. The van der Waals surface area contributed by atoms with Gasteiger partial charge in [-0.3, -0.25) is 24.5 Å². The normalized spacial score (nSPS) is 19.4. The van der Waals surface area contributed by atoms with Gasteiger partial charge in [-0.15, -0.1) is 9.42 Å². The standard InChI is InChI=1S/C41H50N5O8PSi/c1-25(2)36(47)44-39-43-35-32(37(48)45-39)42-24-46(35)38-34(53-55(49)50)33(54-56(8,9)40(5,6)7)31(52-38)23-51-41(28-13-11-10-12-14-28,29-19-15-26(3)16-20-29)30-21-17-27(4)18-22-30/h10-22,24-25,31,33-34,38H,23H2,1-9H3,(H2-,43,44,45,47,48,49,50)/p+1/t31-,33?,34+,38-/m1/s1. The Balaban J connectivity index is 1.50. The summed E-state index contributed by atoms with van der Waals surface area (Å²) in [4.78, 5) is 47.5. The lowest BCUT2D eigenvalue weighted by atomic mass is 9.79. The number of benzene rings is 3. The first-order chi connectivity index (χ1) is 26.4. The van der Waals surface area contributed by atoms with Crippen LogP contribution in [-0.2, 0) is 33.4 Å². The van der Waals surface area contributed by atoms with Gasteiger partial charge in [0, 0.05) is 10.5 Å². The van der Waals surface area contributed by atoms with E-state index in [1.165, 1.54) is 10.9 Å². The van der Waals surface area contributed by atoms with E-state index in [0.717, 1.165) is 27.8 Å². The van der Waals surface area contributed by atoms with Crippen LogP contribution >= 0.6 is 8.25 Å². The average molecular weight is 801 g/mol. The number of carbonyl (C=O) groups is 1. The Morgan fingerprint density at radius 3 is 2.07 bits per heavy atom. The van der Waals surface area contributed by atoms with Crippen LogP contribution in [0, 0.1) is 19.8 Å². The van der Waals surface area contributed by atoms with Crippen molar-refractivity contribution in [1.29, 1.82) is 0 Å². The number of aromatic nitrogens is 4. The number of aromatic amines is 1. The highest BCUT2D eigenvalue weighted by atomic mass is 31.1. The smallest absolute Gasteiger partial charge is 0.408 e. The third-order valence-corrected chi connectivity index (χ3v) is 15.7. The highest BCUT2D eigenvalue weighted by Crippen LogP contribution is 2.46. The molecule has 3 heterocycles. The van der Waals surface area contributed by atoms with E-state index in [2.05, 4.69) is 103 Å². The fraction of sp³-hybridized carbons (Fsp3) is 0.415. The monoisotopic (exact) mass is 800 g/mol. The van der Waals surface area contributed by atoms with E-state index in [-0.39, 0.29) is 40.6 Å². The number of nitrogens with zero attached hydrogens (tertiary/aromatic N) is 3. The number of carbonyl (C=O) groups excluding carboxylic acids is 1. The van der Waals surface area contributed by atoms with Crippen LogP contribution in [-0.4, -0.2) is 63.6 Å². The van der Waals surface area contributed by atoms with Gasteiger partial charge in [0.1, 0.15) is 17.8 Å². The number of nitrogens with one attached hydrogen (secondary N) is 2. The second-order valence-electron chi connectivity index (χ2n) is 16.2. The van der Waals surface area contributed by atoms with Crippen molar-refractivity contribution in [1.82, 2.24) is 19.5 Å². The number of ether oxygens (including phenoxy) is 2. The number of rotatable bonds is 13. The van der Waals surface area contributed by atoms with E-state index < -0.39 is 52.3 Å². The van der Waals surface area contributed by atoms with Crippen LogP contribution in [0.5, 0.6) is 0 Å². The van der Waals surface area contributed by atoms with Crippen molar-refractivity contribution in [2.75, 3.05) is 11.9 Å². The summed E-state index contributed by atoms with van der Waals surface area (Å²) in [5.41, 5.74) is 3.19. The molecule has 3 aromatic carbocycles. The number of H-pyrrole nitrogens is 1. The molecule has 56 heavy (non-hydrogen) atoms. The molecule has 1 saturated heterocycles. The molecule has 1 aliphatic heterocycles. The molecule has 15 heteroatoms. The molecule has 0 spiro atoms. The molecular weight excluding hydrogens is 750 g/mol. The molecule has 0 saturated carbocycles. The summed E-state index contributed by atoms with van der Waals surface area (Å²) < 4.78 is 41.1. The van der Waals surface area contributed by atoms with Crippen LogP contribution in [0.2, 0.25) is 18.1 Å². The second kappa shape index (κ2) is 16.2. The summed E-state index contributed by atoms with van der Waals surface area (Å²) in [6, 6.07) is 26.4. The predicted octanol–water partition coefficient (Wildman–Crippen LogP) is 7.66. The summed E-state index contributed by atoms with van der Waals surface area (Å²) >= 11 is 0. The molecule has 5 aromatic rings. The molecule has 0 radical (unpaired) electrons. The Bertz CT molecular complexity index is 2190. The summed E-state index contributed by atoms with van der Waals surface area (Å²) in [6.07, 6.45) is -2.75. The lowest BCUT2D eigenvalue weighted by molar-refractivity contribution is -0.118. The molecule has 6 rings (SSSR count). The van der Waals surface area contributed by atoms with Crippen LogP contribution in [0.4, 0.5) is 5.95 Å². The number of aryl methyl sites for hydroxylation is 2. The molecule has 2 aromatic heterocycles. The van der Waals surface area contributed by atoms with Crippen molar-refractivity contribution in [3.05, 3.63) is 123 Å². The number of anilines is 1. The maximum atomic E-state index is 13.2. The van der Waals surface area contributed by atoms with Gasteiger partial charge < -0.3 is 13.9 Å². The van der Waals surface area contributed by atoms with E-state index in [0.29, 0.717) is 0 Å². The molecule has 296 valence electrons. The van der Waals surface area contributed by atoms with Crippen LogP contribution in [0.25, 0.3) is 11.2 Å². The quantitative estimate of drug-likeness (QED) is 0.0611. The average Bonchev–Trinajstić information content (AvgIpc) is 3.70. The van der Waals surface area contributed by atoms with Crippen LogP contribution in [0.1, 0.15) is 68.7 Å². The zero-order valence-corrected chi connectivity index (χ0v) is 35.2. The van der Waals surface area contributed by atoms with Gasteiger partial charge in [-0.2, -0.15) is 4.98 Å². The Hall–Kier alpha value is -4.40. The third kappa shape index (κ3) is 8.33. The Morgan fingerprint density at radius 1 is 0.964 bits per heavy atom. The van der Waals surface area contributed by atoms with Crippen molar-refractivity contribution in [3.8, 4) is 0 Å². The molecule has 1 aliphatic rings. The van der Waals surface area contributed by atoms with E-state index in [4.69, 9.17) is 18.4 Å². The lowest BCUT2D eigenvalue weighted by Crippen LogP contribution is -2.50. The highest BCUT2D eigenvalue weighted by Gasteiger charge is 2.56. The van der Waals surface area contributed by atoms with Crippen LogP contribution < -0.4 is 10.9 Å². The maximum absolute atomic E-state index is 13.2. The van der Waals surface area contributed by atoms with E-state index in [1.807, 2.05) is 44.2 Å². The molecule has 0 aliphatic carbocycles. The molecule has 1 amide bonds. The Labute approximate surface area is 328 Å². The fourth-order valence-electron chi connectivity index (χ4n) is 6.58. The number of imidazole rings is 1. The van der Waals surface area contributed by atoms with Crippen molar-refractivity contribution >= 4 is 39.6 Å². The van der Waals surface area contributed by atoms with Gasteiger partial charge in [0.05, 0.1) is 12.9 Å². The topological polar surface area (TPSA) is 167 Å². The minimum Gasteiger partial charge on any atom is -0.408 e. The number of amides is 1. The highest BCUT2D eigenvalue weighted by molar-refractivity contribution is 7.32. The minimum absolute atomic E-state index is 0.0216. The third-order valence-electron chi connectivity index (χ3n) is 10.8. The summed E-state index contributed by atoms with van der Waals surface area (Å²) in [5, 5.41) is 2.37. The first-order valence-corrected chi connectivity index (χ1v) is 22.7. The molecule has 5 atom stereocenters. The van der Waals surface area contributed by atoms with Crippen LogP contribution in [0.15, 0.2) is 90.0 Å². The zero-order chi connectivity index (χ0) is 40.6. The number of fused-ring (bicyclic) bond motifs is 1. The minimum atomic E-state index is -3.17. The van der Waals surface area contributed by atoms with Crippen molar-refractivity contribution in [2.24, 2.45) is 5.92 Å². The molecule has 1 fully saturated rings. The van der Waals surface area contributed by atoms with Gasteiger partial charge in [-0.1, -0.05) is 125 Å². The first kappa shape index (κ1) is 41.2. The summed E-state index contributed by atoms with van der Waals surface area (Å²) in [7, 11) is -5.80.